The summed E-state index contributed by atoms with van der Waals surface area (Å²) in [4.78, 5) is 0. The van der Waals surface area contributed by atoms with E-state index < -0.39 is 19.6 Å². The molecule has 1 rings (SSSR count). The van der Waals surface area contributed by atoms with Gasteiger partial charge in [0, 0.05) is 12.1 Å². The van der Waals surface area contributed by atoms with Crippen molar-refractivity contribution in [3.05, 3.63) is 23.8 Å². The Bertz CT molecular complexity index is 424. The summed E-state index contributed by atoms with van der Waals surface area (Å²) in [7, 11) is 1.47. The van der Waals surface area contributed by atoms with Crippen molar-refractivity contribution < 1.29 is 27.4 Å². The van der Waals surface area contributed by atoms with Crippen molar-refractivity contribution >= 4 is 0 Å². The molecular weight excluding hydrogens is 287 g/mol. The molecule has 0 radical (unpaired) electrons. The SMILES string of the molecule is CCCNCc1cccc(OC)c1OCOCC(F)(F)F. The molecular formula is C14H20F3NO3. The van der Waals surface area contributed by atoms with Crippen molar-refractivity contribution in [2.75, 3.05) is 27.1 Å². The standard InChI is InChI=1S/C14H20F3NO3/c1-3-7-18-8-11-5-4-6-12(19-2)13(11)21-10-20-9-14(15,16)17/h4-6,18H,3,7-10H2,1-2H3. The van der Waals surface area contributed by atoms with Crippen molar-refractivity contribution in [3.63, 3.8) is 0 Å². The average Bonchev–Trinajstić information content (AvgIpc) is 2.43. The minimum atomic E-state index is -4.37. The molecule has 0 saturated heterocycles. The Morgan fingerprint density at radius 2 is 2.00 bits per heavy atom. The van der Waals surface area contributed by atoms with E-state index in [9.17, 15) is 13.2 Å². The fourth-order valence-electron chi connectivity index (χ4n) is 1.68. The van der Waals surface area contributed by atoms with Gasteiger partial charge >= 0.3 is 6.18 Å². The van der Waals surface area contributed by atoms with E-state index in [1.54, 1.807) is 12.1 Å². The highest BCUT2D eigenvalue weighted by atomic mass is 19.4. The fraction of sp³-hybridized carbons (Fsp3) is 0.571. The molecule has 0 aliphatic rings. The second-order valence-corrected chi connectivity index (χ2v) is 4.35. The first kappa shape index (κ1) is 17.6. The lowest BCUT2D eigenvalue weighted by atomic mass is 10.2. The molecule has 0 atom stereocenters. The van der Waals surface area contributed by atoms with Gasteiger partial charge in [0.2, 0.25) is 0 Å². The summed E-state index contributed by atoms with van der Waals surface area (Å²) in [6, 6.07) is 5.30. The number of para-hydroxylation sites is 1. The van der Waals surface area contributed by atoms with Gasteiger partial charge in [-0.05, 0) is 19.0 Å². The summed E-state index contributed by atoms with van der Waals surface area (Å²) in [6.45, 7) is 1.59. The van der Waals surface area contributed by atoms with Gasteiger partial charge in [0.25, 0.3) is 0 Å². The highest BCUT2D eigenvalue weighted by Gasteiger charge is 2.27. The van der Waals surface area contributed by atoms with Crippen LogP contribution >= 0.6 is 0 Å². The van der Waals surface area contributed by atoms with Gasteiger partial charge in [0.05, 0.1) is 7.11 Å². The second-order valence-electron chi connectivity index (χ2n) is 4.35. The predicted molar refractivity (Wildman–Crippen MR) is 72.5 cm³/mol. The zero-order valence-corrected chi connectivity index (χ0v) is 12.1. The maximum Gasteiger partial charge on any atom is 0.411 e. The van der Waals surface area contributed by atoms with Gasteiger partial charge in [0.15, 0.2) is 18.3 Å². The number of methoxy groups -OCH3 is 1. The summed E-state index contributed by atoms with van der Waals surface area (Å²) < 4.78 is 50.9. The van der Waals surface area contributed by atoms with Crippen molar-refractivity contribution in [1.29, 1.82) is 0 Å². The van der Waals surface area contributed by atoms with Crippen LogP contribution < -0.4 is 14.8 Å². The van der Waals surface area contributed by atoms with E-state index in [-0.39, 0.29) is 0 Å². The number of benzene rings is 1. The van der Waals surface area contributed by atoms with Gasteiger partial charge in [-0.15, -0.1) is 0 Å². The molecule has 120 valence electrons. The first-order valence-electron chi connectivity index (χ1n) is 6.61. The third kappa shape index (κ3) is 6.68. The van der Waals surface area contributed by atoms with Crippen molar-refractivity contribution in [3.8, 4) is 11.5 Å². The molecule has 0 unspecified atom stereocenters. The highest BCUT2D eigenvalue weighted by Crippen LogP contribution is 2.31. The van der Waals surface area contributed by atoms with Gasteiger partial charge in [-0.3, -0.25) is 0 Å². The monoisotopic (exact) mass is 307 g/mol. The first-order valence-corrected chi connectivity index (χ1v) is 6.61. The molecule has 7 heteroatoms. The van der Waals surface area contributed by atoms with Crippen LogP contribution in [-0.4, -0.2) is 33.2 Å². The maximum atomic E-state index is 12.0. The van der Waals surface area contributed by atoms with Crippen LogP contribution in [0.3, 0.4) is 0 Å². The van der Waals surface area contributed by atoms with Crippen LogP contribution in [0.4, 0.5) is 13.2 Å². The number of nitrogens with one attached hydrogen (secondary N) is 1. The molecule has 0 bridgehead atoms. The first-order chi connectivity index (χ1) is 9.98. The Hall–Kier alpha value is -1.47. The zero-order valence-electron chi connectivity index (χ0n) is 12.1. The second kappa shape index (κ2) is 8.74. The number of alkyl halides is 3. The molecule has 0 amide bonds. The lowest BCUT2D eigenvalue weighted by Crippen LogP contribution is -2.20. The van der Waals surface area contributed by atoms with E-state index in [4.69, 9.17) is 9.47 Å². The Morgan fingerprint density at radius 1 is 1.24 bits per heavy atom. The summed E-state index contributed by atoms with van der Waals surface area (Å²) in [5, 5.41) is 3.20. The fourth-order valence-corrected chi connectivity index (χ4v) is 1.68. The van der Waals surface area contributed by atoms with Crippen molar-refractivity contribution in [2.24, 2.45) is 0 Å². The summed E-state index contributed by atoms with van der Waals surface area (Å²) in [5.41, 5.74) is 0.804. The van der Waals surface area contributed by atoms with E-state index >= 15 is 0 Å². The van der Waals surface area contributed by atoms with Gasteiger partial charge in [-0.25, -0.2) is 0 Å². The van der Waals surface area contributed by atoms with E-state index in [1.165, 1.54) is 7.11 Å². The molecule has 0 aliphatic heterocycles. The largest absolute Gasteiger partial charge is 0.493 e. The number of ether oxygens (including phenoxy) is 3. The summed E-state index contributed by atoms with van der Waals surface area (Å²) >= 11 is 0. The van der Waals surface area contributed by atoms with Crippen LogP contribution in [0.15, 0.2) is 18.2 Å². The minimum absolute atomic E-state index is 0.394. The van der Waals surface area contributed by atoms with Crippen LogP contribution in [0, 0.1) is 0 Å². The van der Waals surface area contributed by atoms with Crippen molar-refractivity contribution in [1.82, 2.24) is 5.32 Å². The van der Waals surface area contributed by atoms with Crippen molar-refractivity contribution in [2.45, 2.75) is 26.1 Å². The van der Waals surface area contributed by atoms with E-state index in [1.807, 2.05) is 13.0 Å². The minimum Gasteiger partial charge on any atom is -0.493 e. The molecule has 0 aromatic heterocycles. The highest BCUT2D eigenvalue weighted by molar-refractivity contribution is 5.46. The Kier molecular flexibility index (Phi) is 7.31. The Balaban J connectivity index is 2.64. The lowest BCUT2D eigenvalue weighted by molar-refractivity contribution is -0.186. The molecule has 4 nitrogen and oxygen atoms in total. The normalized spacial score (nSPS) is 11.5. The van der Waals surface area contributed by atoms with E-state index in [0.717, 1.165) is 18.5 Å². The third-order valence-electron chi connectivity index (χ3n) is 2.57. The topological polar surface area (TPSA) is 39.7 Å². The molecule has 1 aromatic rings. The number of rotatable bonds is 9. The van der Waals surface area contributed by atoms with Gasteiger partial charge in [-0.2, -0.15) is 13.2 Å². The zero-order chi connectivity index (χ0) is 15.7. The molecule has 0 aliphatic carbocycles. The predicted octanol–water partition coefficient (Wildman–Crippen LogP) is 3.11. The quantitative estimate of drug-likeness (QED) is 0.562. The van der Waals surface area contributed by atoms with Crippen LogP contribution in [0.25, 0.3) is 0 Å². The molecule has 1 aromatic carbocycles. The molecule has 1 N–H and O–H groups in total. The van der Waals surface area contributed by atoms with Gasteiger partial charge in [0.1, 0.15) is 6.61 Å². The number of hydrogen-bond donors (Lipinski definition) is 1. The lowest BCUT2D eigenvalue weighted by Gasteiger charge is -2.16. The third-order valence-corrected chi connectivity index (χ3v) is 2.57. The number of hydrogen-bond acceptors (Lipinski definition) is 4. The maximum absolute atomic E-state index is 12.0. The van der Waals surface area contributed by atoms with E-state index in [2.05, 4.69) is 10.1 Å². The summed E-state index contributed by atoms with van der Waals surface area (Å²) in [6.07, 6.45) is -3.38. The Morgan fingerprint density at radius 3 is 2.62 bits per heavy atom. The van der Waals surface area contributed by atoms with Gasteiger partial charge < -0.3 is 19.5 Å². The molecule has 21 heavy (non-hydrogen) atoms. The summed E-state index contributed by atoms with van der Waals surface area (Å²) in [5.74, 6) is 0.854. The average molecular weight is 307 g/mol. The number of halogens is 3. The molecule has 0 saturated carbocycles. The molecule has 0 heterocycles. The molecule has 0 fully saturated rings. The van der Waals surface area contributed by atoms with Gasteiger partial charge in [-0.1, -0.05) is 19.1 Å². The molecule has 0 spiro atoms. The van der Waals surface area contributed by atoms with Crippen LogP contribution in [0.2, 0.25) is 0 Å². The Labute approximate surface area is 122 Å². The van der Waals surface area contributed by atoms with Crippen LogP contribution in [0.1, 0.15) is 18.9 Å². The van der Waals surface area contributed by atoms with E-state index in [0.29, 0.717) is 18.0 Å². The smallest absolute Gasteiger partial charge is 0.411 e. The van der Waals surface area contributed by atoms with Crippen LogP contribution in [-0.2, 0) is 11.3 Å². The van der Waals surface area contributed by atoms with Crippen LogP contribution in [0.5, 0.6) is 11.5 Å².